The van der Waals surface area contributed by atoms with Gasteiger partial charge in [-0.25, -0.2) is 14.8 Å². The smallest absolute Gasteiger partial charge is 0.425 e. The standard InChI is InChI=1S/C24H27BrFN3O4/c1-14-15(2)32-21(28-24(14,6)18-12-17(25)13-27-19(18)26)29(22(31)33-23(3,4)5)20(30)16-10-8-7-9-11-16/h7-15H,1-6H3/t14-,15?,24-/m1/s1. The fourth-order valence-corrected chi connectivity index (χ4v) is 3.83. The summed E-state index contributed by atoms with van der Waals surface area (Å²) in [5.41, 5.74) is -1.58. The van der Waals surface area contributed by atoms with Crippen LogP contribution >= 0.6 is 15.9 Å². The monoisotopic (exact) mass is 519 g/mol. The van der Waals surface area contributed by atoms with Crippen molar-refractivity contribution in [3.63, 3.8) is 0 Å². The van der Waals surface area contributed by atoms with Crippen molar-refractivity contribution in [2.24, 2.45) is 10.9 Å². The number of aliphatic imine (C=N–C) groups is 1. The normalized spacial score (nSPS) is 22.7. The Morgan fingerprint density at radius 2 is 1.85 bits per heavy atom. The van der Waals surface area contributed by atoms with Crippen LogP contribution in [-0.4, -0.2) is 39.6 Å². The zero-order chi connectivity index (χ0) is 24.6. The van der Waals surface area contributed by atoms with Crippen molar-refractivity contribution in [3.8, 4) is 0 Å². The molecule has 2 amide bonds. The molecule has 33 heavy (non-hydrogen) atoms. The van der Waals surface area contributed by atoms with E-state index in [1.54, 1.807) is 71.0 Å². The molecule has 0 aliphatic carbocycles. The van der Waals surface area contributed by atoms with Crippen molar-refractivity contribution < 1.29 is 23.5 Å². The summed E-state index contributed by atoms with van der Waals surface area (Å²) in [5, 5.41) is 0. The van der Waals surface area contributed by atoms with E-state index in [0.717, 1.165) is 4.90 Å². The molecule has 0 radical (unpaired) electrons. The van der Waals surface area contributed by atoms with Crippen LogP contribution in [0.3, 0.4) is 0 Å². The van der Waals surface area contributed by atoms with E-state index in [9.17, 15) is 14.0 Å². The Morgan fingerprint density at radius 3 is 2.45 bits per heavy atom. The molecule has 2 aromatic rings. The van der Waals surface area contributed by atoms with Crippen molar-refractivity contribution in [2.45, 2.75) is 58.8 Å². The minimum absolute atomic E-state index is 0.216. The van der Waals surface area contributed by atoms with Gasteiger partial charge in [0.15, 0.2) is 0 Å². The van der Waals surface area contributed by atoms with Gasteiger partial charge in [0, 0.05) is 27.7 Å². The Labute approximate surface area is 201 Å². The van der Waals surface area contributed by atoms with Gasteiger partial charge in [-0.05, 0) is 68.7 Å². The van der Waals surface area contributed by atoms with E-state index >= 15 is 0 Å². The van der Waals surface area contributed by atoms with Crippen molar-refractivity contribution in [1.82, 2.24) is 9.88 Å². The fourth-order valence-electron chi connectivity index (χ4n) is 3.50. The first-order valence-corrected chi connectivity index (χ1v) is 11.3. The second-order valence-corrected chi connectivity index (χ2v) is 10.0. The lowest BCUT2D eigenvalue weighted by Gasteiger charge is -2.42. The summed E-state index contributed by atoms with van der Waals surface area (Å²) in [6.07, 6.45) is -0.0898. The van der Waals surface area contributed by atoms with E-state index in [1.807, 2.05) is 6.92 Å². The van der Waals surface area contributed by atoms with Crippen LogP contribution in [0.25, 0.3) is 0 Å². The van der Waals surface area contributed by atoms with Gasteiger partial charge in [-0.2, -0.15) is 9.29 Å². The topological polar surface area (TPSA) is 81.1 Å². The van der Waals surface area contributed by atoms with Crippen molar-refractivity contribution in [1.29, 1.82) is 0 Å². The quantitative estimate of drug-likeness (QED) is 0.476. The molecule has 1 aromatic carbocycles. The van der Waals surface area contributed by atoms with Crippen LogP contribution in [-0.2, 0) is 15.0 Å². The molecule has 3 atom stereocenters. The van der Waals surface area contributed by atoms with Crippen molar-refractivity contribution in [3.05, 3.63) is 64.1 Å². The first kappa shape index (κ1) is 24.8. The summed E-state index contributed by atoms with van der Waals surface area (Å²) >= 11 is 3.33. The van der Waals surface area contributed by atoms with Crippen LogP contribution in [0.1, 0.15) is 57.5 Å². The van der Waals surface area contributed by atoms with E-state index < -0.39 is 35.2 Å². The number of rotatable bonds is 2. The number of hydrogen-bond acceptors (Lipinski definition) is 6. The number of amidine groups is 1. The number of carbonyl (C=O) groups is 2. The number of carbonyl (C=O) groups excluding carboxylic acids is 2. The molecule has 1 aliphatic rings. The first-order valence-electron chi connectivity index (χ1n) is 10.5. The van der Waals surface area contributed by atoms with Crippen LogP contribution in [0.4, 0.5) is 9.18 Å². The number of hydrogen-bond donors (Lipinski definition) is 0. The average molecular weight is 520 g/mol. The molecule has 3 rings (SSSR count). The van der Waals surface area contributed by atoms with Gasteiger partial charge in [-0.3, -0.25) is 4.79 Å². The fraction of sp³-hybridized carbons (Fsp3) is 0.417. The predicted molar refractivity (Wildman–Crippen MR) is 125 cm³/mol. The van der Waals surface area contributed by atoms with Crippen molar-refractivity contribution >= 4 is 34.0 Å². The number of ether oxygens (including phenoxy) is 2. The van der Waals surface area contributed by atoms with Gasteiger partial charge in [0.1, 0.15) is 11.7 Å². The molecule has 7 nitrogen and oxygen atoms in total. The molecule has 9 heteroatoms. The highest BCUT2D eigenvalue weighted by molar-refractivity contribution is 9.10. The maximum absolute atomic E-state index is 14.8. The van der Waals surface area contributed by atoms with Gasteiger partial charge in [0.05, 0.1) is 5.54 Å². The third kappa shape index (κ3) is 5.24. The number of aromatic nitrogens is 1. The van der Waals surface area contributed by atoms with Crippen LogP contribution in [0, 0.1) is 11.9 Å². The summed E-state index contributed by atoms with van der Waals surface area (Å²) in [4.78, 5) is 35.7. The zero-order valence-electron chi connectivity index (χ0n) is 19.4. The molecule has 0 fully saturated rings. The highest BCUT2D eigenvalue weighted by atomic mass is 79.9. The van der Waals surface area contributed by atoms with E-state index in [-0.39, 0.29) is 23.1 Å². The van der Waals surface area contributed by atoms with E-state index in [1.165, 1.54) is 6.20 Å². The van der Waals surface area contributed by atoms with Crippen LogP contribution in [0.2, 0.25) is 0 Å². The Morgan fingerprint density at radius 1 is 1.21 bits per heavy atom. The Hall–Kier alpha value is -2.81. The second kappa shape index (κ2) is 9.21. The lowest BCUT2D eigenvalue weighted by molar-refractivity contribution is 0.0173. The van der Waals surface area contributed by atoms with Gasteiger partial charge >= 0.3 is 12.1 Å². The number of imide groups is 1. The summed E-state index contributed by atoms with van der Waals surface area (Å²) in [7, 11) is 0. The van der Waals surface area contributed by atoms with Crippen LogP contribution in [0.5, 0.6) is 0 Å². The van der Waals surface area contributed by atoms with Crippen LogP contribution in [0.15, 0.2) is 52.1 Å². The highest BCUT2D eigenvalue weighted by Crippen LogP contribution is 2.41. The van der Waals surface area contributed by atoms with Gasteiger partial charge in [0.2, 0.25) is 5.95 Å². The molecule has 1 aromatic heterocycles. The third-order valence-electron chi connectivity index (χ3n) is 5.55. The molecule has 176 valence electrons. The molecular weight excluding hydrogens is 493 g/mol. The molecule has 0 bridgehead atoms. The number of amides is 2. The molecule has 0 spiro atoms. The average Bonchev–Trinajstić information content (AvgIpc) is 2.73. The zero-order valence-corrected chi connectivity index (χ0v) is 21.0. The summed E-state index contributed by atoms with van der Waals surface area (Å²) in [6.45, 7) is 10.4. The van der Waals surface area contributed by atoms with E-state index in [2.05, 4.69) is 25.9 Å². The Balaban J connectivity index is 2.17. The first-order chi connectivity index (χ1) is 15.3. The van der Waals surface area contributed by atoms with E-state index in [0.29, 0.717) is 4.47 Å². The summed E-state index contributed by atoms with van der Waals surface area (Å²) in [6, 6.07) is 9.61. The minimum Gasteiger partial charge on any atom is -0.461 e. The minimum atomic E-state index is -1.18. The molecule has 0 N–H and O–H groups in total. The third-order valence-corrected chi connectivity index (χ3v) is 5.99. The van der Waals surface area contributed by atoms with Crippen LogP contribution < -0.4 is 0 Å². The van der Waals surface area contributed by atoms with Gasteiger partial charge in [0.25, 0.3) is 5.91 Å². The number of pyridine rings is 1. The number of benzene rings is 1. The second-order valence-electron chi connectivity index (χ2n) is 9.13. The molecule has 1 aliphatic heterocycles. The molecule has 1 unspecified atom stereocenters. The lowest BCUT2D eigenvalue weighted by atomic mass is 9.78. The Kier molecular flexibility index (Phi) is 6.93. The number of halogens is 2. The molecular formula is C24H27BrFN3O4. The number of nitrogens with zero attached hydrogens (tertiary/aromatic N) is 3. The van der Waals surface area contributed by atoms with Gasteiger partial charge in [-0.15, -0.1) is 0 Å². The maximum atomic E-state index is 14.8. The SMILES string of the molecule is CC1OC(N(C(=O)OC(C)(C)C)C(=O)c2ccccc2)=N[C@@](C)(c2cc(Br)cnc2F)[C@@H]1C. The van der Waals surface area contributed by atoms with E-state index in [4.69, 9.17) is 9.47 Å². The summed E-state index contributed by atoms with van der Waals surface area (Å²) < 4.78 is 26.8. The van der Waals surface area contributed by atoms with Gasteiger partial charge < -0.3 is 9.47 Å². The largest absolute Gasteiger partial charge is 0.461 e. The Bertz CT molecular complexity index is 1090. The molecule has 0 saturated heterocycles. The lowest BCUT2D eigenvalue weighted by Crippen LogP contribution is -2.52. The van der Waals surface area contributed by atoms with Crippen molar-refractivity contribution in [2.75, 3.05) is 0 Å². The van der Waals surface area contributed by atoms with Gasteiger partial charge in [-0.1, -0.05) is 25.1 Å². The molecule has 0 saturated carbocycles. The highest BCUT2D eigenvalue weighted by Gasteiger charge is 2.47. The predicted octanol–water partition coefficient (Wildman–Crippen LogP) is 5.69. The maximum Gasteiger partial charge on any atom is 0.425 e. The molecule has 2 heterocycles. The summed E-state index contributed by atoms with van der Waals surface area (Å²) in [5.74, 6) is -1.66.